The Morgan fingerprint density at radius 1 is 1.17 bits per heavy atom. The van der Waals surface area contributed by atoms with Gasteiger partial charge in [-0.3, -0.25) is 14.4 Å². The molecule has 156 valence electrons. The van der Waals surface area contributed by atoms with Gasteiger partial charge in [0.1, 0.15) is 5.71 Å². The Labute approximate surface area is 172 Å². The standard InChI is InChI=1S/C22H30N4O3/c1-4-11-23-21(28)17-9-12-25(13-10-17)22(29)18-7-8-20(27)26(24-18)19-14-15(2)5-6-16(19)3/h5-6,14,17H,4,7-13H2,1-3H3,(H,23,28). The molecule has 0 saturated carbocycles. The molecule has 0 aliphatic carbocycles. The van der Waals surface area contributed by atoms with Gasteiger partial charge >= 0.3 is 0 Å². The summed E-state index contributed by atoms with van der Waals surface area (Å²) in [5.41, 5.74) is 3.13. The summed E-state index contributed by atoms with van der Waals surface area (Å²) >= 11 is 0. The lowest BCUT2D eigenvalue weighted by Crippen LogP contribution is -2.47. The van der Waals surface area contributed by atoms with E-state index in [1.54, 1.807) is 4.90 Å². The highest BCUT2D eigenvalue weighted by molar-refractivity contribution is 6.40. The van der Waals surface area contributed by atoms with Gasteiger partial charge in [0.15, 0.2) is 0 Å². The maximum Gasteiger partial charge on any atom is 0.270 e. The molecule has 0 radical (unpaired) electrons. The number of anilines is 1. The fraction of sp³-hybridized carbons (Fsp3) is 0.545. The molecule has 2 aliphatic rings. The summed E-state index contributed by atoms with van der Waals surface area (Å²) in [6.07, 6.45) is 2.87. The highest BCUT2D eigenvalue weighted by atomic mass is 16.2. The van der Waals surface area contributed by atoms with Crippen LogP contribution < -0.4 is 10.3 Å². The Bertz CT molecular complexity index is 825. The van der Waals surface area contributed by atoms with Gasteiger partial charge < -0.3 is 10.2 Å². The molecule has 0 bridgehead atoms. The third-order valence-corrected chi connectivity index (χ3v) is 5.57. The number of carbonyl (C=O) groups excluding carboxylic acids is 3. The van der Waals surface area contributed by atoms with E-state index in [1.807, 2.05) is 39.0 Å². The molecule has 0 spiro atoms. The van der Waals surface area contributed by atoms with E-state index in [0.29, 0.717) is 44.6 Å². The van der Waals surface area contributed by atoms with Crippen molar-refractivity contribution in [3.05, 3.63) is 29.3 Å². The zero-order valence-electron chi connectivity index (χ0n) is 17.5. The molecule has 0 unspecified atom stereocenters. The number of hydrogen-bond donors (Lipinski definition) is 1. The van der Waals surface area contributed by atoms with Gasteiger partial charge in [0, 0.05) is 38.4 Å². The van der Waals surface area contributed by atoms with Crippen molar-refractivity contribution in [3.63, 3.8) is 0 Å². The van der Waals surface area contributed by atoms with E-state index < -0.39 is 0 Å². The summed E-state index contributed by atoms with van der Waals surface area (Å²) in [6, 6.07) is 5.87. The number of likely N-dealkylation sites (tertiary alicyclic amines) is 1. The van der Waals surface area contributed by atoms with Crippen molar-refractivity contribution in [1.29, 1.82) is 0 Å². The fourth-order valence-corrected chi connectivity index (χ4v) is 3.76. The number of nitrogens with zero attached hydrogens (tertiary/aromatic N) is 3. The van der Waals surface area contributed by atoms with Crippen LogP contribution in [-0.2, 0) is 14.4 Å². The minimum atomic E-state index is -0.125. The maximum atomic E-state index is 13.0. The van der Waals surface area contributed by atoms with Crippen LogP contribution in [0.5, 0.6) is 0 Å². The van der Waals surface area contributed by atoms with Crippen LogP contribution in [0, 0.1) is 19.8 Å². The smallest absolute Gasteiger partial charge is 0.270 e. The third kappa shape index (κ3) is 4.83. The first-order valence-electron chi connectivity index (χ1n) is 10.5. The number of nitrogens with one attached hydrogen (secondary N) is 1. The van der Waals surface area contributed by atoms with Gasteiger partial charge in [-0.05, 0) is 50.3 Å². The topological polar surface area (TPSA) is 82.1 Å². The predicted molar refractivity (Wildman–Crippen MR) is 113 cm³/mol. The normalized spacial score (nSPS) is 17.9. The van der Waals surface area contributed by atoms with Crippen LogP contribution in [0.25, 0.3) is 0 Å². The number of piperidine rings is 1. The number of amides is 3. The molecule has 3 rings (SSSR count). The molecular weight excluding hydrogens is 368 g/mol. The number of hydrazone groups is 1. The minimum absolute atomic E-state index is 0.0353. The van der Waals surface area contributed by atoms with Crippen molar-refractivity contribution < 1.29 is 14.4 Å². The lowest BCUT2D eigenvalue weighted by Gasteiger charge is -2.33. The number of benzene rings is 1. The van der Waals surface area contributed by atoms with Gasteiger partial charge in [0.05, 0.1) is 5.69 Å². The molecule has 2 heterocycles. The lowest BCUT2D eigenvalue weighted by molar-refractivity contribution is -0.131. The van der Waals surface area contributed by atoms with E-state index in [9.17, 15) is 14.4 Å². The molecule has 2 aliphatic heterocycles. The summed E-state index contributed by atoms with van der Waals surface area (Å²) < 4.78 is 0. The molecule has 1 fully saturated rings. The average Bonchev–Trinajstić information content (AvgIpc) is 2.74. The highest BCUT2D eigenvalue weighted by Crippen LogP contribution is 2.26. The molecular formula is C22H30N4O3. The van der Waals surface area contributed by atoms with Crippen LogP contribution >= 0.6 is 0 Å². The maximum absolute atomic E-state index is 13.0. The quantitative estimate of drug-likeness (QED) is 0.827. The van der Waals surface area contributed by atoms with Crippen LogP contribution in [0.2, 0.25) is 0 Å². The molecule has 0 atom stereocenters. The van der Waals surface area contributed by atoms with Gasteiger partial charge in [-0.25, -0.2) is 5.01 Å². The van der Waals surface area contributed by atoms with Gasteiger partial charge in [0.25, 0.3) is 5.91 Å². The molecule has 29 heavy (non-hydrogen) atoms. The van der Waals surface area contributed by atoms with Crippen molar-refractivity contribution in [1.82, 2.24) is 10.2 Å². The van der Waals surface area contributed by atoms with E-state index in [4.69, 9.17) is 0 Å². The average molecular weight is 399 g/mol. The predicted octanol–water partition coefficient (Wildman–Crippen LogP) is 2.55. The summed E-state index contributed by atoms with van der Waals surface area (Å²) in [4.78, 5) is 39.4. The van der Waals surface area contributed by atoms with E-state index in [0.717, 1.165) is 23.2 Å². The monoisotopic (exact) mass is 398 g/mol. The van der Waals surface area contributed by atoms with Crippen LogP contribution in [0.3, 0.4) is 0 Å². The molecule has 1 aromatic carbocycles. The first kappa shape index (κ1) is 21.0. The van der Waals surface area contributed by atoms with Crippen molar-refractivity contribution in [2.75, 3.05) is 24.6 Å². The second-order valence-electron chi connectivity index (χ2n) is 7.90. The first-order chi connectivity index (χ1) is 13.9. The zero-order valence-corrected chi connectivity index (χ0v) is 17.5. The molecule has 7 heteroatoms. The van der Waals surface area contributed by atoms with E-state index >= 15 is 0 Å². The summed E-state index contributed by atoms with van der Waals surface area (Å²) in [7, 11) is 0. The zero-order chi connectivity index (χ0) is 21.0. The molecule has 0 aromatic heterocycles. The minimum Gasteiger partial charge on any atom is -0.356 e. The largest absolute Gasteiger partial charge is 0.356 e. The van der Waals surface area contributed by atoms with Crippen LogP contribution in [-0.4, -0.2) is 48.0 Å². The van der Waals surface area contributed by atoms with Gasteiger partial charge in [-0.15, -0.1) is 0 Å². The van der Waals surface area contributed by atoms with Gasteiger partial charge in [-0.1, -0.05) is 19.1 Å². The Balaban J connectivity index is 1.69. The Kier molecular flexibility index (Phi) is 6.67. The number of rotatable bonds is 5. The van der Waals surface area contributed by atoms with E-state index in [-0.39, 0.29) is 30.1 Å². The molecule has 3 amide bonds. The second-order valence-corrected chi connectivity index (χ2v) is 7.90. The number of hydrogen-bond acceptors (Lipinski definition) is 4. The second kappa shape index (κ2) is 9.20. The fourth-order valence-electron chi connectivity index (χ4n) is 3.76. The van der Waals surface area contributed by atoms with Crippen LogP contribution in [0.15, 0.2) is 23.3 Å². The van der Waals surface area contributed by atoms with E-state index in [1.165, 1.54) is 5.01 Å². The Morgan fingerprint density at radius 3 is 2.59 bits per heavy atom. The Morgan fingerprint density at radius 2 is 1.90 bits per heavy atom. The van der Waals surface area contributed by atoms with Crippen LogP contribution in [0.1, 0.15) is 50.2 Å². The summed E-state index contributed by atoms with van der Waals surface area (Å²) in [6.45, 7) is 7.70. The Hall–Kier alpha value is -2.70. The molecule has 7 nitrogen and oxygen atoms in total. The number of aryl methyl sites for hydroxylation is 2. The lowest BCUT2D eigenvalue weighted by atomic mass is 9.95. The van der Waals surface area contributed by atoms with Crippen LogP contribution in [0.4, 0.5) is 5.69 Å². The SMILES string of the molecule is CCCNC(=O)C1CCN(C(=O)C2=NN(c3cc(C)ccc3C)C(=O)CC2)CC1. The molecule has 1 saturated heterocycles. The van der Waals surface area contributed by atoms with Crippen molar-refractivity contribution in [2.24, 2.45) is 11.0 Å². The molecule has 1 N–H and O–H groups in total. The van der Waals surface area contributed by atoms with Crippen molar-refractivity contribution in [3.8, 4) is 0 Å². The van der Waals surface area contributed by atoms with Gasteiger partial charge in [-0.2, -0.15) is 5.10 Å². The first-order valence-corrected chi connectivity index (χ1v) is 10.5. The third-order valence-electron chi connectivity index (χ3n) is 5.57. The number of carbonyl (C=O) groups is 3. The van der Waals surface area contributed by atoms with Crippen molar-refractivity contribution >= 4 is 29.1 Å². The van der Waals surface area contributed by atoms with Crippen molar-refractivity contribution in [2.45, 2.75) is 52.9 Å². The van der Waals surface area contributed by atoms with E-state index in [2.05, 4.69) is 10.4 Å². The molecule has 1 aromatic rings. The van der Waals surface area contributed by atoms with Gasteiger partial charge in [0.2, 0.25) is 11.8 Å². The summed E-state index contributed by atoms with van der Waals surface area (Å²) in [5, 5.41) is 8.75. The summed E-state index contributed by atoms with van der Waals surface area (Å²) in [5.74, 6) is -0.172. The highest BCUT2D eigenvalue weighted by Gasteiger charge is 2.32.